The van der Waals surface area contributed by atoms with E-state index in [9.17, 15) is 0 Å². The normalized spacial score (nSPS) is 23.2. The van der Waals surface area contributed by atoms with Crippen LogP contribution in [0.5, 0.6) is 0 Å². The zero-order valence-corrected chi connectivity index (χ0v) is 7.70. The highest BCUT2D eigenvalue weighted by Crippen LogP contribution is 2.15. The zero-order chi connectivity index (χ0) is 9.10. The zero-order valence-electron chi connectivity index (χ0n) is 7.70. The smallest absolute Gasteiger partial charge is 0.124 e. The molecule has 2 aliphatic rings. The lowest BCUT2D eigenvalue weighted by Crippen LogP contribution is -2.35. The molecule has 1 fully saturated rings. The topological polar surface area (TPSA) is 24.8 Å². The van der Waals surface area contributed by atoms with Crippen LogP contribution in [-0.2, 0) is 4.74 Å². The molecule has 0 spiro atoms. The summed E-state index contributed by atoms with van der Waals surface area (Å²) >= 11 is 0. The minimum atomic E-state index is 0.813. The Balaban J connectivity index is 2.00. The van der Waals surface area contributed by atoms with Crippen LogP contribution in [0.25, 0.3) is 0 Å². The van der Waals surface area contributed by atoms with Crippen LogP contribution in [0.2, 0.25) is 0 Å². The summed E-state index contributed by atoms with van der Waals surface area (Å²) in [6, 6.07) is 0. The van der Waals surface area contributed by atoms with Crippen molar-refractivity contribution in [3.63, 3.8) is 0 Å². The van der Waals surface area contributed by atoms with Crippen LogP contribution in [0.4, 0.5) is 0 Å². The van der Waals surface area contributed by atoms with Gasteiger partial charge in [-0.15, -0.1) is 0 Å². The fourth-order valence-electron chi connectivity index (χ4n) is 1.49. The van der Waals surface area contributed by atoms with E-state index in [1.807, 2.05) is 6.21 Å². The molecule has 0 unspecified atom stereocenters. The molecule has 70 valence electrons. The molecule has 0 amide bonds. The standard InChI is InChI=1S/C10H14N2O/c1-9-2-3-10(11-8-9)12-4-6-13-7-5-12/h3,8H,1-2,4-7H2. The summed E-state index contributed by atoms with van der Waals surface area (Å²) in [5.74, 6) is 1.08. The molecule has 0 N–H and O–H groups in total. The molecule has 0 bridgehead atoms. The first-order chi connectivity index (χ1) is 6.36. The van der Waals surface area contributed by atoms with Crippen LogP contribution < -0.4 is 0 Å². The summed E-state index contributed by atoms with van der Waals surface area (Å²) in [4.78, 5) is 6.60. The predicted molar refractivity (Wildman–Crippen MR) is 52.7 cm³/mol. The number of rotatable bonds is 1. The van der Waals surface area contributed by atoms with Crippen molar-refractivity contribution in [2.75, 3.05) is 26.3 Å². The molecule has 0 aromatic heterocycles. The molecule has 3 nitrogen and oxygen atoms in total. The number of aliphatic imine (C=N–C) groups is 1. The molecule has 0 atom stereocenters. The van der Waals surface area contributed by atoms with Crippen molar-refractivity contribution in [2.45, 2.75) is 6.42 Å². The van der Waals surface area contributed by atoms with Gasteiger partial charge in [-0.2, -0.15) is 0 Å². The van der Waals surface area contributed by atoms with Gasteiger partial charge in [-0.05, 0) is 18.1 Å². The Morgan fingerprint density at radius 3 is 2.77 bits per heavy atom. The molecule has 1 saturated heterocycles. The molecule has 0 radical (unpaired) electrons. The quantitative estimate of drug-likeness (QED) is 0.602. The van der Waals surface area contributed by atoms with Gasteiger partial charge in [0.05, 0.1) is 13.2 Å². The fourth-order valence-corrected chi connectivity index (χ4v) is 1.49. The molecule has 0 aromatic rings. The van der Waals surface area contributed by atoms with E-state index in [-0.39, 0.29) is 0 Å². The van der Waals surface area contributed by atoms with E-state index in [1.165, 1.54) is 0 Å². The van der Waals surface area contributed by atoms with E-state index in [4.69, 9.17) is 4.74 Å². The second kappa shape index (κ2) is 3.75. The number of ether oxygens (including phenoxy) is 1. The van der Waals surface area contributed by atoms with E-state index < -0.39 is 0 Å². The van der Waals surface area contributed by atoms with Crippen molar-refractivity contribution in [3.05, 3.63) is 24.0 Å². The van der Waals surface area contributed by atoms with Gasteiger partial charge in [0.25, 0.3) is 0 Å². The van der Waals surface area contributed by atoms with Crippen LogP contribution in [0.15, 0.2) is 29.0 Å². The SMILES string of the molecule is C=C1C=NC(N2CCOCC2)=CC1. The van der Waals surface area contributed by atoms with Gasteiger partial charge in [-0.25, -0.2) is 4.99 Å². The average Bonchev–Trinajstić information content (AvgIpc) is 2.20. The third kappa shape index (κ3) is 1.98. The van der Waals surface area contributed by atoms with Crippen LogP contribution in [0.1, 0.15) is 6.42 Å². The second-order valence-corrected chi connectivity index (χ2v) is 3.28. The van der Waals surface area contributed by atoms with Crippen molar-refractivity contribution >= 4 is 6.21 Å². The molecule has 3 heteroatoms. The molecule has 0 aromatic carbocycles. The van der Waals surface area contributed by atoms with Gasteiger partial charge in [0.1, 0.15) is 5.82 Å². The summed E-state index contributed by atoms with van der Waals surface area (Å²) in [5.41, 5.74) is 1.08. The minimum Gasteiger partial charge on any atom is -0.378 e. The highest BCUT2D eigenvalue weighted by Gasteiger charge is 2.13. The molecular formula is C10H14N2O. The molecule has 2 aliphatic heterocycles. The Morgan fingerprint density at radius 2 is 2.15 bits per heavy atom. The van der Waals surface area contributed by atoms with Crippen molar-refractivity contribution < 1.29 is 4.74 Å². The van der Waals surface area contributed by atoms with Gasteiger partial charge in [0.2, 0.25) is 0 Å². The summed E-state index contributed by atoms with van der Waals surface area (Å²) in [7, 11) is 0. The molecule has 13 heavy (non-hydrogen) atoms. The maximum atomic E-state index is 5.27. The molecule has 2 rings (SSSR count). The van der Waals surface area contributed by atoms with Gasteiger partial charge in [-0.1, -0.05) is 6.58 Å². The van der Waals surface area contributed by atoms with Crippen molar-refractivity contribution in [3.8, 4) is 0 Å². The highest BCUT2D eigenvalue weighted by molar-refractivity contribution is 5.80. The van der Waals surface area contributed by atoms with Gasteiger partial charge in [0, 0.05) is 19.3 Å². The van der Waals surface area contributed by atoms with Crippen LogP contribution in [0.3, 0.4) is 0 Å². The highest BCUT2D eigenvalue weighted by atomic mass is 16.5. The fraction of sp³-hybridized carbons (Fsp3) is 0.500. The van der Waals surface area contributed by atoms with E-state index in [2.05, 4.69) is 22.5 Å². The summed E-state index contributed by atoms with van der Waals surface area (Å²) < 4.78 is 5.27. The van der Waals surface area contributed by atoms with Gasteiger partial charge in [-0.3, -0.25) is 0 Å². The number of nitrogens with zero attached hydrogens (tertiary/aromatic N) is 2. The van der Waals surface area contributed by atoms with E-state index >= 15 is 0 Å². The maximum absolute atomic E-state index is 5.27. The van der Waals surface area contributed by atoms with Gasteiger partial charge < -0.3 is 9.64 Å². The Bertz CT molecular complexity index is 262. The molecular weight excluding hydrogens is 164 g/mol. The lowest BCUT2D eigenvalue weighted by atomic mass is 10.2. The molecule has 0 saturated carbocycles. The van der Waals surface area contributed by atoms with Crippen LogP contribution in [0, 0.1) is 0 Å². The summed E-state index contributed by atoms with van der Waals surface area (Å²) in [5, 5.41) is 0. The number of allylic oxidation sites excluding steroid dienone is 2. The summed E-state index contributed by atoms with van der Waals surface area (Å²) in [6.07, 6.45) is 4.91. The average molecular weight is 178 g/mol. The number of morpholine rings is 1. The number of hydrogen-bond donors (Lipinski definition) is 0. The predicted octanol–water partition coefficient (Wildman–Crippen LogP) is 1.19. The van der Waals surface area contributed by atoms with Crippen molar-refractivity contribution in [2.24, 2.45) is 4.99 Å². The molecule has 0 aliphatic carbocycles. The lowest BCUT2D eigenvalue weighted by Gasteiger charge is -2.29. The van der Waals surface area contributed by atoms with Gasteiger partial charge >= 0.3 is 0 Å². The Labute approximate surface area is 78.4 Å². The minimum absolute atomic E-state index is 0.813. The van der Waals surface area contributed by atoms with E-state index in [1.54, 1.807) is 0 Å². The summed E-state index contributed by atoms with van der Waals surface area (Å²) in [6.45, 7) is 7.39. The first kappa shape index (κ1) is 8.51. The third-order valence-electron chi connectivity index (χ3n) is 2.26. The monoisotopic (exact) mass is 178 g/mol. The molecule has 2 heterocycles. The third-order valence-corrected chi connectivity index (χ3v) is 2.26. The number of hydrogen-bond acceptors (Lipinski definition) is 3. The van der Waals surface area contributed by atoms with E-state index in [0.29, 0.717) is 0 Å². The second-order valence-electron chi connectivity index (χ2n) is 3.28. The van der Waals surface area contributed by atoms with Crippen LogP contribution >= 0.6 is 0 Å². The Morgan fingerprint density at radius 1 is 1.38 bits per heavy atom. The van der Waals surface area contributed by atoms with Crippen molar-refractivity contribution in [1.29, 1.82) is 0 Å². The Hall–Kier alpha value is -1.09. The Kier molecular flexibility index (Phi) is 2.45. The van der Waals surface area contributed by atoms with Crippen molar-refractivity contribution in [1.82, 2.24) is 4.90 Å². The van der Waals surface area contributed by atoms with E-state index in [0.717, 1.165) is 44.1 Å². The van der Waals surface area contributed by atoms with Crippen LogP contribution in [-0.4, -0.2) is 37.4 Å². The maximum Gasteiger partial charge on any atom is 0.124 e. The van der Waals surface area contributed by atoms with Gasteiger partial charge in [0.15, 0.2) is 0 Å². The lowest BCUT2D eigenvalue weighted by molar-refractivity contribution is 0.0530. The first-order valence-corrected chi connectivity index (χ1v) is 4.61. The largest absolute Gasteiger partial charge is 0.378 e. The first-order valence-electron chi connectivity index (χ1n) is 4.61.